The van der Waals surface area contributed by atoms with Crippen LogP contribution in [0.2, 0.25) is 0 Å². The normalized spacial score (nSPS) is 12.2. The molecule has 0 spiro atoms. The SMILES string of the molecule is Cc1ccc(C(C)Nc2ccc(OC(F)F)cc2)cc1. The van der Waals surface area contributed by atoms with E-state index < -0.39 is 6.61 Å². The maximum absolute atomic E-state index is 12.0. The van der Waals surface area contributed by atoms with Gasteiger partial charge < -0.3 is 10.1 Å². The summed E-state index contributed by atoms with van der Waals surface area (Å²) >= 11 is 0. The van der Waals surface area contributed by atoms with E-state index in [1.54, 1.807) is 12.1 Å². The van der Waals surface area contributed by atoms with Crippen LogP contribution in [0, 0.1) is 6.92 Å². The molecule has 20 heavy (non-hydrogen) atoms. The number of alkyl halides is 2. The molecule has 1 unspecified atom stereocenters. The van der Waals surface area contributed by atoms with Crippen LogP contribution in [0.4, 0.5) is 14.5 Å². The Morgan fingerprint density at radius 1 is 0.950 bits per heavy atom. The number of anilines is 1. The van der Waals surface area contributed by atoms with Gasteiger partial charge in [-0.3, -0.25) is 0 Å². The zero-order valence-corrected chi connectivity index (χ0v) is 11.4. The van der Waals surface area contributed by atoms with Crippen molar-refractivity contribution in [3.8, 4) is 5.75 Å². The van der Waals surface area contributed by atoms with Gasteiger partial charge in [-0.1, -0.05) is 29.8 Å². The monoisotopic (exact) mass is 277 g/mol. The number of nitrogens with one attached hydrogen (secondary N) is 1. The molecule has 4 heteroatoms. The zero-order valence-electron chi connectivity index (χ0n) is 11.4. The standard InChI is InChI=1S/C16H17F2NO/c1-11-3-5-13(6-4-11)12(2)19-14-7-9-15(10-8-14)20-16(17)18/h3-10,12,16,19H,1-2H3. The van der Waals surface area contributed by atoms with Crippen LogP contribution in [-0.4, -0.2) is 6.61 Å². The van der Waals surface area contributed by atoms with E-state index in [4.69, 9.17) is 0 Å². The van der Waals surface area contributed by atoms with Gasteiger partial charge in [-0.25, -0.2) is 0 Å². The fourth-order valence-electron chi connectivity index (χ4n) is 1.92. The number of ether oxygens (including phenoxy) is 1. The quantitative estimate of drug-likeness (QED) is 0.850. The predicted molar refractivity (Wildman–Crippen MR) is 76.3 cm³/mol. The zero-order chi connectivity index (χ0) is 14.5. The smallest absolute Gasteiger partial charge is 0.387 e. The average molecular weight is 277 g/mol. The van der Waals surface area contributed by atoms with Gasteiger partial charge in [0.1, 0.15) is 5.75 Å². The van der Waals surface area contributed by atoms with Crippen molar-refractivity contribution in [2.24, 2.45) is 0 Å². The Bertz CT molecular complexity index is 537. The Hall–Kier alpha value is -2.10. The summed E-state index contributed by atoms with van der Waals surface area (Å²) in [6.07, 6.45) is 0. The number of benzene rings is 2. The number of halogens is 2. The first-order chi connectivity index (χ1) is 9.54. The van der Waals surface area contributed by atoms with Crippen molar-refractivity contribution in [1.29, 1.82) is 0 Å². The fraction of sp³-hybridized carbons (Fsp3) is 0.250. The highest BCUT2D eigenvalue weighted by molar-refractivity contribution is 5.48. The molecule has 2 nitrogen and oxygen atoms in total. The Balaban J connectivity index is 2.00. The molecule has 0 aliphatic carbocycles. The molecule has 0 fully saturated rings. The van der Waals surface area contributed by atoms with Crippen molar-refractivity contribution in [1.82, 2.24) is 0 Å². The number of aryl methyl sites for hydroxylation is 1. The van der Waals surface area contributed by atoms with Gasteiger partial charge >= 0.3 is 6.61 Å². The molecule has 1 N–H and O–H groups in total. The summed E-state index contributed by atoms with van der Waals surface area (Å²) in [7, 11) is 0. The van der Waals surface area contributed by atoms with E-state index >= 15 is 0 Å². The van der Waals surface area contributed by atoms with Gasteiger partial charge in [-0.2, -0.15) is 8.78 Å². The molecule has 1 atom stereocenters. The molecule has 0 radical (unpaired) electrons. The Morgan fingerprint density at radius 2 is 1.55 bits per heavy atom. The van der Waals surface area contributed by atoms with E-state index in [9.17, 15) is 8.78 Å². The summed E-state index contributed by atoms with van der Waals surface area (Å²) in [6.45, 7) is 1.30. The maximum Gasteiger partial charge on any atom is 0.387 e. The minimum absolute atomic E-state index is 0.137. The molecule has 0 heterocycles. The van der Waals surface area contributed by atoms with E-state index in [0.29, 0.717) is 0 Å². The third-order valence-corrected chi connectivity index (χ3v) is 3.04. The lowest BCUT2D eigenvalue weighted by molar-refractivity contribution is -0.0498. The third-order valence-electron chi connectivity index (χ3n) is 3.04. The fourth-order valence-corrected chi connectivity index (χ4v) is 1.92. The van der Waals surface area contributed by atoms with Gasteiger partial charge in [0.15, 0.2) is 0 Å². The molecule has 0 aliphatic heterocycles. The largest absolute Gasteiger partial charge is 0.435 e. The first-order valence-electron chi connectivity index (χ1n) is 6.42. The van der Waals surface area contributed by atoms with Crippen LogP contribution in [0.3, 0.4) is 0 Å². The van der Waals surface area contributed by atoms with E-state index in [-0.39, 0.29) is 11.8 Å². The molecule has 0 aromatic heterocycles. The van der Waals surface area contributed by atoms with Gasteiger partial charge in [0.25, 0.3) is 0 Å². The topological polar surface area (TPSA) is 21.3 Å². The van der Waals surface area contributed by atoms with E-state index in [2.05, 4.69) is 34.3 Å². The van der Waals surface area contributed by atoms with Gasteiger partial charge in [0, 0.05) is 11.7 Å². The van der Waals surface area contributed by atoms with Crippen LogP contribution in [0.1, 0.15) is 24.1 Å². The highest BCUT2D eigenvalue weighted by Crippen LogP contribution is 2.22. The van der Waals surface area contributed by atoms with Crippen molar-refractivity contribution in [3.05, 3.63) is 59.7 Å². The molecule has 2 rings (SSSR count). The van der Waals surface area contributed by atoms with Gasteiger partial charge in [-0.15, -0.1) is 0 Å². The number of hydrogen-bond acceptors (Lipinski definition) is 2. The van der Waals surface area contributed by atoms with Crippen molar-refractivity contribution in [2.45, 2.75) is 26.5 Å². The minimum atomic E-state index is -2.79. The number of hydrogen-bond donors (Lipinski definition) is 1. The van der Waals surface area contributed by atoms with Crippen molar-refractivity contribution < 1.29 is 13.5 Å². The molecule has 0 amide bonds. The Morgan fingerprint density at radius 3 is 2.10 bits per heavy atom. The lowest BCUT2D eigenvalue weighted by Crippen LogP contribution is -2.06. The highest BCUT2D eigenvalue weighted by atomic mass is 19.3. The van der Waals surface area contributed by atoms with Crippen molar-refractivity contribution in [3.63, 3.8) is 0 Å². The Kier molecular flexibility index (Phi) is 4.56. The van der Waals surface area contributed by atoms with E-state index in [1.165, 1.54) is 23.3 Å². The van der Waals surface area contributed by atoms with Crippen LogP contribution in [0.15, 0.2) is 48.5 Å². The highest BCUT2D eigenvalue weighted by Gasteiger charge is 2.06. The van der Waals surface area contributed by atoms with Gasteiger partial charge in [0.2, 0.25) is 0 Å². The molecule has 0 saturated heterocycles. The predicted octanol–water partition coefficient (Wildman–Crippen LogP) is 4.77. The molecule has 106 valence electrons. The second-order valence-electron chi connectivity index (χ2n) is 4.68. The van der Waals surface area contributed by atoms with Crippen molar-refractivity contribution >= 4 is 5.69 Å². The summed E-state index contributed by atoms with van der Waals surface area (Å²) in [4.78, 5) is 0. The first-order valence-corrected chi connectivity index (χ1v) is 6.42. The second-order valence-corrected chi connectivity index (χ2v) is 4.68. The molecular formula is C16H17F2NO. The van der Waals surface area contributed by atoms with E-state index in [0.717, 1.165) is 5.69 Å². The Labute approximate surface area is 117 Å². The average Bonchev–Trinajstić information content (AvgIpc) is 2.41. The van der Waals surface area contributed by atoms with Crippen LogP contribution >= 0.6 is 0 Å². The lowest BCUT2D eigenvalue weighted by Gasteiger charge is -2.16. The van der Waals surface area contributed by atoms with E-state index in [1.807, 2.05) is 13.8 Å². The summed E-state index contributed by atoms with van der Waals surface area (Å²) in [5, 5.41) is 3.32. The first kappa shape index (κ1) is 14.3. The lowest BCUT2D eigenvalue weighted by atomic mass is 10.1. The molecule has 0 saturated carbocycles. The summed E-state index contributed by atoms with van der Waals surface area (Å²) in [5.74, 6) is 0.161. The summed E-state index contributed by atoms with van der Waals surface area (Å²) in [6, 6.07) is 14.9. The second kappa shape index (κ2) is 6.37. The molecule has 2 aromatic carbocycles. The van der Waals surface area contributed by atoms with Crippen LogP contribution in [0.5, 0.6) is 5.75 Å². The maximum atomic E-state index is 12.0. The van der Waals surface area contributed by atoms with Gasteiger partial charge in [0.05, 0.1) is 0 Å². The van der Waals surface area contributed by atoms with Crippen molar-refractivity contribution in [2.75, 3.05) is 5.32 Å². The number of rotatable bonds is 5. The summed E-state index contributed by atoms with van der Waals surface area (Å²) < 4.78 is 28.4. The van der Waals surface area contributed by atoms with Crippen LogP contribution < -0.4 is 10.1 Å². The molecular weight excluding hydrogens is 260 g/mol. The van der Waals surface area contributed by atoms with Gasteiger partial charge in [-0.05, 0) is 43.7 Å². The minimum Gasteiger partial charge on any atom is -0.435 e. The summed E-state index contributed by atoms with van der Waals surface area (Å²) in [5.41, 5.74) is 3.25. The van der Waals surface area contributed by atoms with Crippen LogP contribution in [-0.2, 0) is 0 Å². The van der Waals surface area contributed by atoms with Crippen LogP contribution in [0.25, 0.3) is 0 Å². The third kappa shape index (κ3) is 3.95. The molecule has 0 aliphatic rings. The molecule has 2 aromatic rings. The molecule has 0 bridgehead atoms.